The summed E-state index contributed by atoms with van der Waals surface area (Å²) in [7, 11) is 0. The highest BCUT2D eigenvalue weighted by atomic mass is 16.5. The molecule has 0 bridgehead atoms. The molecular formula is C19H20N4O4. The molecule has 140 valence electrons. The molecular weight excluding hydrogens is 348 g/mol. The van der Waals surface area contributed by atoms with Crippen molar-refractivity contribution in [2.75, 3.05) is 19.6 Å². The van der Waals surface area contributed by atoms with E-state index >= 15 is 0 Å². The topological polar surface area (TPSA) is 92.7 Å². The Morgan fingerprint density at radius 1 is 1.07 bits per heavy atom. The quantitative estimate of drug-likeness (QED) is 0.752. The first-order chi connectivity index (χ1) is 13.1. The van der Waals surface area contributed by atoms with Gasteiger partial charge in [-0.1, -0.05) is 12.1 Å². The third-order valence-electron chi connectivity index (χ3n) is 4.96. The number of nitrogens with zero attached hydrogens (tertiary/aromatic N) is 4. The van der Waals surface area contributed by atoms with Crippen LogP contribution >= 0.6 is 0 Å². The van der Waals surface area contributed by atoms with Crippen LogP contribution in [0.2, 0.25) is 0 Å². The Bertz CT molecular complexity index is 876. The number of hydrogen-bond acceptors (Lipinski definition) is 6. The summed E-state index contributed by atoms with van der Waals surface area (Å²) in [4.78, 5) is 47.2. The van der Waals surface area contributed by atoms with Crippen LogP contribution in [0.4, 0.5) is 0 Å². The van der Waals surface area contributed by atoms with Gasteiger partial charge in [-0.15, -0.1) is 0 Å². The van der Waals surface area contributed by atoms with E-state index < -0.39 is 0 Å². The minimum absolute atomic E-state index is 0.0421. The number of piperidine rings is 1. The van der Waals surface area contributed by atoms with E-state index in [9.17, 15) is 14.4 Å². The molecule has 4 rings (SSSR count). The molecule has 2 saturated heterocycles. The molecule has 0 unspecified atom stereocenters. The Morgan fingerprint density at radius 3 is 2.44 bits per heavy atom. The van der Waals surface area contributed by atoms with Crippen molar-refractivity contribution in [3.8, 4) is 5.88 Å². The summed E-state index contributed by atoms with van der Waals surface area (Å²) in [5, 5.41) is 0. The fourth-order valence-electron chi connectivity index (χ4n) is 3.43. The van der Waals surface area contributed by atoms with Gasteiger partial charge in [0.25, 0.3) is 0 Å². The monoisotopic (exact) mass is 368 g/mol. The number of hydrogen-bond donors (Lipinski definition) is 0. The van der Waals surface area contributed by atoms with Crippen molar-refractivity contribution in [3.63, 3.8) is 0 Å². The molecule has 2 fully saturated rings. The van der Waals surface area contributed by atoms with Gasteiger partial charge in [0.05, 0.1) is 17.2 Å². The molecule has 27 heavy (non-hydrogen) atoms. The smallest absolute Gasteiger partial charge is 0.242 e. The summed E-state index contributed by atoms with van der Waals surface area (Å²) >= 11 is 0. The van der Waals surface area contributed by atoms with Gasteiger partial charge in [0.1, 0.15) is 12.6 Å². The number of carbonyl (C=O) groups excluding carboxylic acids is 3. The predicted octanol–water partition coefficient (Wildman–Crippen LogP) is 1.15. The number of imide groups is 1. The third kappa shape index (κ3) is 3.74. The van der Waals surface area contributed by atoms with Gasteiger partial charge in [-0.25, -0.2) is 9.97 Å². The van der Waals surface area contributed by atoms with Crippen molar-refractivity contribution < 1.29 is 19.1 Å². The first-order valence-electron chi connectivity index (χ1n) is 9.09. The van der Waals surface area contributed by atoms with Gasteiger partial charge in [-0.2, -0.15) is 0 Å². The number of aromatic nitrogens is 2. The summed E-state index contributed by atoms with van der Waals surface area (Å²) < 4.78 is 5.93. The van der Waals surface area contributed by atoms with Gasteiger partial charge in [0.15, 0.2) is 0 Å². The maximum absolute atomic E-state index is 12.4. The standard InChI is InChI=1S/C19H20N4O4/c24-17-5-6-18(25)23(17)12-19(26)22-9-7-13(8-10-22)27-16-11-20-14-3-1-2-4-15(14)21-16/h1-4,11,13H,5-10,12H2. The number of ether oxygens (including phenoxy) is 1. The first-order valence-corrected chi connectivity index (χ1v) is 9.09. The average Bonchev–Trinajstić information content (AvgIpc) is 3.00. The molecule has 2 aliphatic heterocycles. The molecule has 2 aromatic rings. The molecule has 0 radical (unpaired) electrons. The minimum atomic E-state index is -0.263. The van der Waals surface area contributed by atoms with Crippen LogP contribution in [0.1, 0.15) is 25.7 Å². The maximum atomic E-state index is 12.4. The molecule has 8 heteroatoms. The van der Waals surface area contributed by atoms with Crippen LogP contribution in [0.15, 0.2) is 30.5 Å². The van der Waals surface area contributed by atoms with Crippen molar-refractivity contribution in [1.29, 1.82) is 0 Å². The van der Waals surface area contributed by atoms with Crippen LogP contribution < -0.4 is 4.74 Å². The highest BCUT2D eigenvalue weighted by Crippen LogP contribution is 2.20. The van der Waals surface area contributed by atoms with Gasteiger partial charge in [0.2, 0.25) is 23.6 Å². The molecule has 8 nitrogen and oxygen atoms in total. The van der Waals surface area contributed by atoms with E-state index in [0.717, 1.165) is 15.9 Å². The number of amides is 3. The summed E-state index contributed by atoms with van der Waals surface area (Å²) in [5.41, 5.74) is 1.60. The van der Waals surface area contributed by atoms with Gasteiger partial charge in [0, 0.05) is 38.8 Å². The number of fused-ring (bicyclic) bond motifs is 1. The highest BCUT2D eigenvalue weighted by molar-refractivity contribution is 6.04. The second kappa shape index (κ2) is 7.30. The van der Waals surface area contributed by atoms with Crippen LogP contribution in [0.3, 0.4) is 0 Å². The number of para-hydroxylation sites is 2. The van der Waals surface area contributed by atoms with E-state index in [1.165, 1.54) is 0 Å². The van der Waals surface area contributed by atoms with Gasteiger partial charge >= 0.3 is 0 Å². The molecule has 3 amide bonds. The third-order valence-corrected chi connectivity index (χ3v) is 4.96. The second-order valence-corrected chi connectivity index (χ2v) is 6.77. The second-order valence-electron chi connectivity index (χ2n) is 6.77. The van der Waals surface area contributed by atoms with E-state index in [-0.39, 0.29) is 43.2 Å². The van der Waals surface area contributed by atoms with Crippen LogP contribution in [0.5, 0.6) is 5.88 Å². The highest BCUT2D eigenvalue weighted by Gasteiger charge is 2.33. The molecule has 0 aliphatic carbocycles. The van der Waals surface area contributed by atoms with E-state index in [1.54, 1.807) is 11.1 Å². The molecule has 1 aromatic heterocycles. The molecule has 1 aromatic carbocycles. The molecule has 3 heterocycles. The van der Waals surface area contributed by atoms with Gasteiger partial charge < -0.3 is 9.64 Å². The van der Waals surface area contributed by atoms with E-state index in [4.69, 9.17) is 4.74 Å². The van der Waals surface area contributed by atoms with Gasteiger partial charge in [-0.3, -0.25) is 19.3 Å². The zero-order chi connectivity index (χ0) is 18.8. The maximum Gasteiger partial charge on any atom is 0.242 e. The SMILES string of the molecule is O=C(CN1C(=O)CCC1=O)N1CCC(Oc2cnc3ccccc3n2)CC1. The fourth-order valence-corrected chi connectivity index (χ4v) is 3.43. The fraction of sp³-hybridized carbons (Fsp3) is 0.421. The van der Waals surface area contributed by atoms with Crippen LogP contribution in [0, 0.1) is 0 Å². The number of rotatable bonds is 4. The zero-order valence-corrected chi connectivity index (χ0v) is 14.8. The summed E-state index contributed by atoms with van der Waals surface area (Å²) in [6, 6.07) is 7.60. The zero-order valence-electron chi connectivity index (χ0n) is 14.8. The Kier molecular flexibility index (Phi) is 4.70. The molecule has 0 spiro atoms. The van der Waals surface area contributed by atoms with E-state index in [2.05, 4.69) is 9.97 Å². The Labute approximate surface area is 156 Å². The summed E-state index contributed by atoms with van der Waals surface area (Å²) in [6.07, 6.45) is 3.32. The van der Waals surface area contributed by atoms with E-state index in [0.29, 0.717) is 31.8 Å². The van der Waals surface area contributed by atoms with Crippen molar-refractivity contribution in [1.82, 2.24) is 19.8 Å². The molecule has 0 N–H and O–H groups in total. The Morgan fingerprint density at radius 2 is 1.74 bits per heavy atom. The first kappa shape index (κ1) is 17.4. The molecule has 0 saturated carbocycles. The number of benzene rings is 1. The van der Waals surface area contributed by atoms with Crippen LogP contribution in [-0.4, -0.2) is 63.2 Å². The lowest BCUT2D eigenvalue weighted by molar-refractivity contribution is -0.146. The summed E-state index contributed by atoms with van der Waals surface area (Å²) in [6.45, 7) is 0.904. The van der Waals surface area contributed by atoms with Crippen molar-refractivity contribution in [2.45, 2.75) is 31.8 Å². The average molecular weight is 368 g/mol. The Balaban J connectivity index is 1.31. The Hall–Kier alpha value is -3.03. The van der Waals surface area contributed by atoms with Crippen molar-refractivity contribution >= 4 is 28.8 Å². The lowest BCUT2D eigenvalue weighted by Gasteiger charge is -2.32. The van der Waals surface area contributed by atoms with E-state index in [1.807, 2.05) is 24.3 Å². The van der Waals surface area contributed by atoms with Crippen LogP contribution in [-0.2, 0) is 14.4 Å². The lowest BCUT2D eigenvalue weighted by Crippen LogP contribution is -2.47. The lowest BCUT2D eigenvalue weighted by atomic mass is 10.1. The number of carbonyl (C=O) groups is 3. The largest absolute Gasteiger partial charge is 0.473 e. The minimum Gasteiger partial charge on any atom is -0.473 e. The van der Waals surface area contributed by atoms with Crippen molar-refractivity contribution in [3.05, 3.63) is 30.5 Å². The van der Waals surface area contributed by atoms with Crippen LogP contribution in [0.25, 0.3) is 11.0 Å². The van der Waals surface area contributed by atoms with Crippen molar-refractivity contribution in [2.24, 2.45) is 0 Å². The predicted molar refractivity (Wildman–Crippen MR) is 95.7 cm³/mol. The number of likely N-dealkylation sites (tertiary alicyclic amines) is 2. The normalized spacial score (nSPS) is 18.4. The molecule has 0 atom stereocenters. The molecule has 2 aliphatic rings. The van der Waals surface area contributed by atoms with Gasteiger partial charge in [-0.05, 0) is 12.1 Å². The summed E-state index contributed by atoms with van der Waals surface area (Å²) in [5.74, 6) is -0.239.